The second-order valence-corrected chi connectivity index (χ2v) is 4.81. The Hall–Kier alpha value is -1.84. The molecular weight excluding hydrogens is 228 g/mol. The fraction of sp³-hybridized carbons (Fsp3) is 0.429. The summed E-state index contributed by atoms with van der Waals surface area (Å²) in [5.41, 5.74) is 1.75. The van der Waals surface area contributed by atoms with Crippen molar-refractivity contribution in [2.75, 3.05) is 5.32 Å². The average molecular weight is 246 g/mol. The monoisotopic (exact) mass is 246 g/mol. The summed E-state index contributed by atoms with van der Waals surface area (Å²) in [5.74, 6) is 0.250. The molecule has 1 unspecified atom stereocenters. The lowest BCUT2D eigenvalue weighted by atomic mass is 10.1. The van der Waals surface area contributed by atoms with Crippen molar-refractivity contribution in [3.63, 3.8) is 0 Å². The van der Waals surface area contributed by atoms with Crippen LogP contribution in [0.2, 0.25) is 0 Å². The molecule has 2 N–H and O–H groups in total. The van der Waals surface area contributed by atoms with Crippen LogP contribution in [-0.4, -0.2) is 11.8 Å². The van der Waals surface area contributed by atoms with Gasteiger partial charge in [0.05, 0.1) is 6.04 Å². The summed E-state index contributed by atoms with van der Waals surface area (Å²) in [6, 6.07) is 7.51. The first-order valence-electron chi connectivity index (χ1n) is 6.24. The van der Waals surface area contributed by atoms with Gasteiger partial charge in [-0.15, -0.1) is 0 Å². The van der Waals surface area contributed by atoms with Crippen LogP contribution in [0.1, 0.15) is 38.3 Å². The average Bonchev–Trinajstić information content (AvgIpc) is 3.12. The number of nitrogens with one attached hydrogen (secondary N) is 2. The molecule has 1 saturated carbocycles. The van der Waals surface area contributed by atoms with Crippen molar-refractivity contribution in [3.05, 3.63) is 29.8 Å². The topological polar surface area (TPSA) is 58.2 Å². The van der Waals surface area contributed by atoms with E-state index in [2.05, 4.69) is 10.6 Å². The SMILES string of the molecule is CC(=O)Nc1cccc(C(C)NC(=O)C2CC2)c1. The van der Waals surface area contributed by atoms with Crippen molar-refractivity contribution in [1.29, 1.82) is 0 Å². The summed E-state index contributed by atoms with van der Waals surface area (Å²) in [6.45, 7) is 3.43. The first-order valence-corrected chi connectivity index (χ1v) is 6.24. The first-order chi connectivity index (χ1) is 8.56. The quantitative estimate of drug-likeness (QED) is 0.856. The number of amides is 2. The molecule has 18 heavy (non-hydrogen) atoms. The van der Waals surface area contributed by atoms with Gasteiger partial charge in [0, 0.05) is 18.5 Å². The summed E-state index contributed by atoms with van der Waals surface area (Å²) >= 11 is 0. The second-order valence-electron chi connectivity index (χ2n) is 4.81. The van der Waals surface area contributed by atoms with E-state index in [1.54, 1.807) is 0 Å². The van der Waals surface area contributed by atoms with Crippen LogP contribution in [-0.2, 0) is 9.59 Å². The van der Waals surface area contributed by atoms with Gasteiger partial charge < -0.3 is 10.6 Å². The molecule has 1 aliphatic rings. The lowest BCUT2D eigenvalue weighted by Gasteiger charge is -2.15. The minimum atomic E-state index is -0.0955. The van der Waals surface area contributed by atoms with E-state index in [0.29, 0.717) is 0 Å². The van der Waals surface area contributed by atoms with E-state index in [-0.39, 0.29) is 23.8 Å². The zero-order valence-electron chi connectivity index (χ0n) is 10.7. The molecule has 1 aromatic rings. The van der Waals surface area contributed by atoms with Crippen molar-refractivity contribution in [2.45, 2.75) is 32.7 Å². The maximum atomic E-state index is 11.7. The molecule has 1 aliphatic carbocycles. The molecule has 0 heterocycles. The van der Waals surface area contributed by atoms with E-state index >= 15 is 0 Å². The third kappa shape index (κ3) is 3.32. The Balaban J connectivity index is 2.02. The molecule has 0 spiro atoms. The highest BCUT2D eigenvalue weighted by atomic mass is 16.2. The van der Waals surface area contributed by atoms with Gasteiger partial charge in [-0.05, 0) is 37.5 Å². The second kappa shape index (κ2) is 5.21. The Kier molecular flexibility index (Phi) is 3.65. The summed E-state index contributed by atoms with van der Waals surface area (Å²) < 4.78 is 0. The Bertz CT molecular complexity index is 467. The molecule has 0 aliphatic heterocycles. The molecule has 4 nitrogen and oxygen atoms in total. The molecule has 0 aromatic heterocycles. The number of rotatable bonds is 4. The van der Waals surface area contributed by atoms with Crippen molar-refractivity contribution in [2.24, 2.45) is 5.92 Å². The number of hydrogen-bond donors (Lipinski definition) is 2. The number of anilines is 1. The summed E-state index contributed by atoms with van der Waals surface area (Å²) in [6.07, 6.45) is 2.01. The van der Waals surface area contributed by atoms with Gasteiger partial charge in [-0.25, -0.2) is 0 Å². The lowest BCUT2D eigenvalue weighted by Crippen LogP contribution is -2.27. The van der Waals surface area contributed by atoms with E-state index in [1.807, 2.05) is 31.2 Å². The fourth-order valence-electron chi connectivity index (χ4n) is 1.85. The van der Waals surface area contributed by atoms with Gasteiger partial charge in [-0.1, -0.05) is 12.1 Å². The largest absolute Gasteiger partial charge is 0.349 e. The van der Waals surface area contributed by atoms with E-state index in [4.69, 9.17) is 0 Å². The van der Waals surface area contributed by atoms with Crippen LogP contribution < -0.4 is 10.6 Å². The molecule has 1 aromatic carbocycles. The molecule has 96 valence electrons. The summed E-state index contributed by atoms with van der Waals surface area (Å²) in [7, 11) is 0. The summed E-state index contributed by atoms with van der Waals surface area (Å²) in [4.78, 5) is 22.7. The van der Waals surface area contributed by atoms with Gasteiger partial charge in [-0.3, -0.25) is 9.59 Å². The van der Waals surface area contributed by atoms with E-state index in [0.717, 1.165) is 24.1 Å². The fourth-order valence-corrected chi connectivity index (χ4v) is 1.85. The molecular formula is C14H18N2O2. The zero-order valence-corrected chi connectivity index (χ0v) is 10.7. The van der Waals surface area contributed by atoms with E-state index < -0.39 is 0 Å². The Morgan fingerprint density at radius 2 is 2.06 bits per heavy atom. The standard InChI is InChI=1S/C14H18N2O2/c1-9(15-14(18)11-6-7-11)12-4-3-5-13(8-12)16-10(2)17/h3-5,8-9,11H,6-7H2,1-2H3,(H,15,18)(H,16,17). The number of benzene rings is 1. The molecule has 2 rings (SSSR count). The van der Waals surface area contributed by atoms with E-state index in [9.17, 15) is 9.59 Å². The highest BCUT2D eigenvalue weighted by molar-refractivity contribution is 5.88. The van der Waals surface area contributed by atoms with Crippen LogP contribution in [0.3, 0.4) is 0 Å². The Labute approximate surface area is 107 Å². The predicted octanol–water partition coefficient (Wildman–Crippen LogP) is 2.23. The van der Waals surface area contributed by atoms with Gasteiger partial charge in [0.1, 0.15) is 0 Å². The lowest BCUT2D eigenvalue weighted by molar-refractivity contribution is -0.123. The third-order valence-corrected chi connectivity index (χ3v) is 3.01. The van der Waals surface area contributed by atoms with Gasteiger partial charge in [0.15, 0.2) is 0 Å². The minimum absolute atomic E-state index is 0.0354. The van der Waals surface area contributed by atoms with Crippen LogP contribution >= 0.6 is 0 Å². The van der Waals surface area contributed by atoms with Crippen molar-refractivity contribution < 1.29 is 9.59 Å². The third-order valence-electron chi connectivity index (χ3n) is 3.01. The van der Waals surface area contributed by atoms with Crippen LogP contribution in [0, 0.1) is 5.92 Å². The number of carbonyl (C=O) groups is 2. The molecule has 4 heteroatoms. The Morgan fingerprint density at radius 3 is 2.67 bits per heavy atom. The normalized spacial score (nSPS) is 15.9. The number of hydrogen-bond acceptors (Lipinski definition) is 2. The smallest absolute Gasteiger partial charge is 0.223 e. The van der Waals surface area contributed by atoms with Crippen molar-refractivity contribution in [1.82, 2.24) is 5.32 Å². The highest BCUT2D eigenvalue weighted by Crippen LogP contribution is 2.30. The molecule has 0 bridgehead atoms. The zero-order chi connectivity index (χ0) is 13.1. The van der Waals surface area contributed by atoms with Gasteiger partial charge >= 0.3 is 0 Å². The van der Waals surface area contributed by atoms with Crippen LogP contribution in [0.5, 0.6) is 0 Å². The highest BCUT2D eigenvalue weighted by Gasteiger charge is 2.30. The molecule has 1 fully saturated rings. The Morgan fingerprint density at radius 1 is 1.33 bits per heavy atom. The molecule has 0 radical (unpaired) electrons. The molecule has 1 atom stereocenters. The van der Waals surface area contributed by atoms with Crippen molar-refractivity contribution in [3.8, 4) is 0 Å². The van der Waals surface area contributed by atoms with Crippen LogP contribution in [0.15, 0.2) is 24.3 Å². The van der Waals surface area contributed by atoms with Crippen LogP contribution in [0.4, 0.5) is 5.69 Å². The first kappa shape index (κ1) is 12.6. The summed E-state index contributed by atoms with van der Waals surface area (Å²) in [5, 5.41) is 5.72. The minimum Gasteiger partial charge on any atom is -0.349 e. The van der Waals surface area contributed by atoms with Gasteiger partial charge in [0.25, 0.3) is 0 Å². The maximum absolute atomic E-state index is 11.7. The maximum Gasteiger partial charge on any atom is 0.223 e. The van der Waals surface area contributed by atoms with Crippen LogP contribution in [0.25, 0.3) is 0 Å². The predicted molar refractivity (Wildman–Crippen MR) is 70.0 cm³/mol. The van der Waals surface area contributed by atoms with E-state index in [1.165, 1.54) is 6.92 Å². The molecule has 0 saturated heterocycles. The van der Waals surface area contributed by atoms with Crippen molar-refractivity contribution >= 4 is 17.5 Å². The molecule has 2 amide bonds. The number of carbonyl (C=O) groups excluding carboxylic acids is 2. The van der Waals surface area contributed by atoms with Gasteiger partial charge in [0.2, 0.25) is 11.8 Å². The van der Waals surface area contributed by atoms with Gasteiger partial charge in [-0.2, -0.15) is 0 Å².